The second-order valence-corrected chi connectivity index (χ2v) is 2.58. The third-order valence-corrected chi connectivity index (χ3v) is 1.85. The highest BCUT2D eigenvalue weighted by molar-refractivity contribution is 6.04. The van der Waals surface area contributed by atoms with Crippen LogP contribution in [0.15, 0.2) is 0 Å². The van der Waals surface area contributed by atoms with Crippen LogP contribution in [-0.4, -0.2) is 25.4 Å². The Bertz CT molecular complexity index is 64.9. The van der Waals surface area contributed by atoms with Crippen molar-refractivity contribution in [2.45, 2.75) is 32.2 Å². The molecular weight excluding hydrogens is 96.9 g/mol. The summed E-state index contributed by atoms with van der Waals surface area (Å²) in [6, 6.07) is 0.615. The minimum absolute atomic E-state index is 0.615. The number of nitrogens with zero attached hydrogens (tertiary/aromatic N) is 1. The van der Waals surface area contributed by atoms with Crippen LogP contribution in [0.4, 0.5) is 0 Å². The van der Waals surface area contributed by atoms with E-state index in [1.165, 1.54) is 19.3 Å². The molecule has 1 unspecified atom stereocenters. The highest BCUT2D eigenvalue weighted by Crippen LogP contribution is 2.12. The number of piperidine rings is 1. The minimum Gasteiger partial charge on any atom is -0.351 e. The number of hydrogen-bond acceptors (Lipinski definition) is 1. The third-order valence-electron chi connectivity index (χ3n) is 1.85. The molecule has 2 heteroatoms. The molecule has 2 radical (unpaired) electrons. The van der Waals surface area contributed by atoms with Gasteiger partial charge >= 0.3 is 0 Å². The highest BCUT2D eigenvalue weighted by Gasteiger charge is 2.11. The average molecular weight is 109 g/mol. The van der Waals surface area contributed by atoms with Gasteiger partial charge in [-0.3, -0.25) is 0 Å². The van der Waals surface area contributed by atoms with Gasteiger partial charge in [-0.15, -0.1) is 0 Å². The maximum absolute atomic E-state index is 5.61. The smallest absolute Gasteiger partial charge is 0.182 e. The van der Waals surface area contributed by atoms with Crippen LogP contribution < -0.4 is 0 Å². The first-order chi connectivity index (χ1) is 3.80. The Morgan fingerprint density at radius 2 is 2.25 bits per heavy atom. The predicted octanol–water partition coefficient (Wildman–Crippen LogP) is 0.944. The van der Waals surface area contributed by atoms with Gasteiger partial charge in [-0.2, -0.15) is 0 Å². The molecule has 1 saturated heterocycles. The van der Waals surface area contributed by atoms with Crippen molar-refractivity contribution in [3.05, 3.63) is 0 Å². The van der Waals surface area contributed by atoms with E-state index in [1.54, 1.807) is 0 Å². The first-order valence-corrected chi connectivity index (χ1v) is 3.32. The molecule has 1 atom stereocenters. The standard InChI is InChI=1S/C6H12BN/c1-6-4-2-3-5-8(6)7/h6H,2-5H2,1H3. The van der Waals surface area contributed by atoms with Crippen molar-refractivity contribution in [3.8, 4) is 0 Å². The molecule has 0 spiro atoms. The molecule has 1 aliphatic heterocycles. The summed E-state index contributed by atoms with van der Waals surface area (Å²) in [4.78, 5) is 1.93. The van der Waals surface area contributed by atoms with Gasteiger partial charge < -0.3 is 4.81 Å². The van der Waals surface area contributed by atoms with Crippen molar-refractivity contribution in [2.75, 3.05) is 6.54 Å². The molecule has 1 aliphatic rings. The lowest BCUT2D eigenvalue weighted by molar-refractivity contribution is 0.280. The van der Waals surface area contributed by atoms with Gasteiger partial charge in [0, 0.05) is 0 Å². The first-order valence-electron chi connectivity index (χ1n) is 3.32. The van der Waals surface area contributed by atoms with Crippen molar-refractivity contribution in [1.29, 1.82) is 0 Å². The topological polar surface area (TPSA) is 3.24 Å². The first kappa shape index (κ1) is 6.15. The van der Waals surface area contributed by atoms with E-state index >= 15 is 0 Å². The Morgan fingerprint density at radius 3 is 2.62 bits per heavy atom. The highest BCUT2D eigenvalue weighted by atomic mass is 15.1. The van der Waals surface area contributed by atoms with Crippen LogP contribution in [0.3, 0.4) is 0 Å². The summed E-state index contributed by atoms with van der Waals surface area (Å²) in [7, 11) is 5.61. The lowest BCUT2D eigenvalue weighted by Crippen LogP contribution is -2.34. The Labute approximate surface area is 52.5 Å². The van der Waals surface area contributed by atoms with Gasteiger partial charge in [0.15, 0.2) is 7.98 Å². The van der Waals surface area contributed by atoms with E-state index in [1.807, 2.05) is 4.81 Å². The zero-order valence-electron chi connectivity index (χ0n) is 5.43. The summed E-state index contributed by atoms with van der Waals surface area (Å²) in [6.45, 7) is 3.26. The molecule has 8 heavy (non-hydrogen) atoms. The summed E-state index contributed by atoms with van der Waals surface area (Å²) in [5.74, 6) is 0. The van der Waals surface area contributed by atoms with Crippen LogP contribution in [0.2, 0.25) is 0 Å². The van der Waals surface area contributed by atoms with Crippen molar-refractivity contribution >= 4 is 7.98 Å². The number of rotatable bonds is 0. The largest absolute Gasteiger partial charge is 0.351 e. The van der Waals surface area contributed by atoms with E-state index in [0.717, 1.165) is 6.54 Å². The maximum Gasteiger partial charge on any atom is 0.182 e. The molecule has 0 N–H and O–H groups in total. The molecule has 1 heterocycles. The summed E-state index contributed by atoms with van der Waals surface area (Å²) in [5, 5.41) is 0. The molecule has 0 bridgehead atoms. The molecule has 0 aliphatic carbocycles. The van der Waals surface area contributed by atoms with Crippen LogP contribution in [-0.2, 0) is 0 Å². The van der Waals surface area contributed by atoms with Gasteiger partial charge in [0.2, 0.25) is 0 Å². The van der Waals surface area contributed by atoms with Gasteiger partial charge in [-0.1, -0.05) is 13.3 Å². The molecule has 1 fully saturated rings. The minimum atomic E-state index is 0.615. The Hall–Kier alpha value is 0.0249. The van der Waals surface area contributed by atoms with Crippen molar-refractivity contribution in [1.82, 2.24) is 4.81 Å². The summed E-state index contributed by atoms with van der Waals surface area (Å²) in [5.41, 5.74) is 0. The SMILES string of the molecule is [B]N1CCCCC1C. The Balaban J connectivity index is 2.28. The normalized spacial score (nSPS) is 32.9. The average Bonchev–Trinajstić information content (AvgIpc) is 1.77. The summed E-state index contributed by atoms with van der Waals surface area (Å²) >= 11 is 0. The van der Waals surface area contributed by atoms with E-state index in [2.05, 4.69) is 6.92 Å². The lowest BCUT2D eigenvalue weighted by atomic mass is 10.0. The molecule has 44 valence electrons. The van der Waals surface area contributed by atoms with Crippen LogP contribution in [0, 0.1) is 0 Å². The van der Waals surface area contributed by atoms with Crippen LogP contribution in [0.25, 0.3) is 0 Å². The van der Waals surface area contributed by atoms with Crippen molar-refractivity contribution in [2.24, 2.45) is 0 Å². The van der Waals surface area contributed by atoms with Crippen molar-refractivity contribution < 1.29 is 0 Å². The Morgan fingerprint density at radius 1 is 1.50 bits per heavy atom. The van der Waals surface area contributed by atoms with Crippen LogP contribution in [0.1, 0.15) is 26.2 Å². The predicted molar refractivity (Wildman–Crippen MR) is 35.8 cm³/mol. The molecule has 1 nitrogen and oxygen atoms in total. The zero-order chi connectivity index (χ0) is 5.98. The molecular formula is C6H12BN. The maximum atomic E-state index is 5.61. The summed E-state index contributed by atoms with van der Waals surface area (Å²) < 4.78 is 0. The quantitative estimate of drug-likeness (QED) is 0.418. The van der Waals surface area contributed by atoms with Gasteiger partial charge in [0.1, 0.15) is 0 Å². The van der Waals surface area contributed by atoms with E-state index in [0.29, 0.717) is 6.04 Å². The molecule has 0 aromatic rings. The fourth-order valence-electron chi connectivity index (χ4n) is 1.12. The van der Waals surface area contributed by atoms with Gasteiger partial charge in [-0.05, 0) is 25.4 Å². The van der Waals surface area contributed by atoms with E-state index in [4.69, 9.17) is 7.98 Å². The fraction of sp³-hybridized carbons (Fsp3) is 1.00. The van der Waals surface area contributed by atoms with E-state index in [9.17, 15) is 0 Å². The van der Waals surface area contributed by atoms with E-state index < -0.39 is 0 Å². The monoisotopic (exact) mass is 109 g/mol. The molecule has 1 rings (SSSR count). The Kier molecular flexibility index (Phi) is 1.95. The number of hydrogen-bond donors (Lipinski definition) is 0. The molecule has 0 aromatic heterocycles. The second kappa shape index (κ2) is 2.54. The fourth-order valence-corrected chi connectivity index (χ4v) is 1.12. The second-order valence-electron chi connectivity index (χ2n) is 2.58. The molecule has 0 amide bonds. The van der Waals surface area contributed by atoms with Gasteiger partial charge in [-0.25, -0.2) is 0 Å². The third kappa shape index (κ3) is 1.25. The molecule has 0 saturated carbocycles. The van der Waals surface area contributed by atoms with Gasteiger partial charge in [0.25, 0.3) is 0 Å². The van der Waals surface area contributed by atoms with Crippen LogP contribution in [0.5, 0.6) is 0 Å². The summed E-state index contributed by atoms with van der Waals surface area (Å²) in [6.07, 6.45) is 3.91. The lowest BCUT2D eigenvalue weighted by Gasteiger charge is -2.29. The van der Waals surface area contributed by atoms with Crippen molar-refractivity contribution in [3.63, 3.8) is 0 Å². The van der Waals surface area contributed by atoms with Crippen LogP contribution >= 0.6 is 0 Å². The zero-order valence-corrected chi connectivity index (χ0v) is 5.43. The molecule has 0 aromatic carbocycles. The van der Waals surface area contributed by atoms with Gasteiger partial charge in [0.05, 0.1) is 0 Å². The van der Waals surface area contributed by atoms with E-state index in [-0.39, 0.29) is 0 Å².